The van der Waals surface area contributed by atoms with Crippen LogP contribution in [-0.2, 0) is 6.42 Å². The highest BCUT2D eigenvalue weighted by Crippen LogP contribution is 2.46. The molecule has 5 rings (SSSR count). The van der Waals surface area contributed by atoms with E-state index in [0.717, 1.165) is 24.8 Å². The van der Waals surface area contributed by atoms with Crippen LogP contribution in [0.5, 0.6) is 0 Å². The lowest BCUT2D eigenvalue weighted by Crippen LogP contribution is -2.34. The Morgan fingerprint density at radius 1 is 0.815 bits per heavy atom. The standard InChI is InChI=1S/C26H26O/c27-25-18-26(13-5-2-6-14-26)17-23-12-11-22(16-24(23)25)21-10-9-20(15-21)19-7-3-1-4-8-19/h1,3-4,7-9,11-12,15-16H,2,5-6,10,13-14,17-18H2. The van der Waals surface area contributed by atoms with Crippen LogP contribution in [0.25, 0.3) is 11.1 Å². The third kappa shape index (κ3) is 3.10. The van der Waals surface area contributed by atoms with Crippen molar-refractivity contribution < 1.29 is 4.79 Å². The van der Waals surface area contributed by atoms with Crippen LogP contribution < -0.4 is 0 Å². The first-order chi connectivity index (χ1) is 13.2. The van der Waals surface area contributed by atoms with Gasteiger partial charge in [-0.25, -0.2) is 0 Å². The van der Waals surface area contributed by atoms with Gasteiger partial charge in [0.15, 0.2) is 5.78 Å². The summed E-state index contributed by atoms with van der Waals surface area (Å²) in [5, 5.41) is 0. The number of Topliss-reactive ketones (excluding diaryl/α,β-unsaturated/α-hetero) is 1. The Hall–Kier alpha value is -2.41. The molecule has 0 amide bonds. The summed E-state index contributed by atoms with van der Waals surface area (Å²) < 4.78 is 0. The highest BCUT2D eigenvalue weighted by Gasteiger charge is 2.39. The average molecular weight is 354 g/mol. The molecule has 1 spiro atoms. The third-order valence-corrected chi connectivity index (χ3v) is 6.78. The van der Waals surface area contributed by atoms with Gasteiger partial charge in [0.05, 0.1) is 0 Å². The van der Waals surface area contributed by atoms with Crippen molar-refractivity contribution in [2.24, 2.45) is 5.41 Å². The molecule has 0 bridgehead atoms. The van der Waals surface area contributed by atoms with Crippen LogP contribution in [-0.4, -0.2) is 5.78 Å². The fourth-order valence-corrected chi connectivity index (χ4v) is 5.31. The first-order valence-electron chi connectivity index (χ1n) is 10.4. The van der Waals surface area contributed by atoms with Crippen molar-refractivity contribution >= 4 is 16.9 Å². The normalized spacial score (nSPS) is 21.0. The van der Waals surface area contributed by atoms with Gasteiger partial charge in [0.25, 0.3) is 0 Å². The molecule has 1 heteroatoms. The number of rotatable bonds is 2. The fourth-order valence-electron chi connectivity index (χ4n) is 5.31. The molecule has 2 aromatic carbocycles. The molecule has 0 N–H and O–H groups in total. The lowest BCUT2D eigenvalue weighted by Gasteiger charge is -2.40. The van der Waals surface area contributed by atoms with Crippen LogP contribution in [0.4, 0.5) is 0 Å². The molecule has 136 valence electrons. The molecule has 1 saturated carbocycles. The number of allylic oxidation sites excluding steroid dienone is 4. The summed E-state index contributed by atoms with van der Waals surface area (Å²) in [6.07, 6.45) is 13.8. The average Bonchev–Trinajstić information content (AvgIpc) is 3.19. The van der Waals surface area contributed by atoms with E-state index in [1.54, 1.807) is 0 Å². The van der Waals surface area contributed by atoms with E-state index in [2.05, 4.69) is 60.7 Å². The van der Waals surface area contributed by atoms with Crippen molar-refractivity contribution in [1.82, 2.24) is 0 Å². The van der Waals surface area contributed by atoms with Gasteiger partial charge in [0, 0.05) is 12.0 Å². The summed E-state index contributed by atoms with van der Waals surface area (Å²) >= 11 is 0. The van der Waals surface area contributed by atoms with Gasteiger partial charge >= 0.3 is 0 Å². The van der Waals surface area contributed by atoms with Gasteiger partial charge in [-0.05, 0) is 65.0 Å². The zero-order chi connectivity index (χ0) is 18.3. The van der Waals surface area contributed by atoms with Crippen LogP contribution in [0.15, 0.2) is 60.7 Å². The first kappa shape index (κ1) is 16.7. The molecular weight excluding hydrogens is 328 g/mol. The third-order valence-electron chi connectivity index (χ3n) is 6.78. The molecule has 0 aliphatic heterocycles. The van der Waals surface area contributed by atoms with Crippen molar-refractivity contribution in [2.75, 3.05) is 0 Å². The van der Waals surface area contributed by atoms with Gasteiger partial charge < -0.3 is 0 Å². The Morgan fingerprint density at radius 3 is 2.44 bits per heavy atom. The first-order valence-corrected chi connectivity index (χ1v) is 10.4. The van der Waals surface area contributed by atoms with Crippen molar-refractivity contribution in [3.8, 4) is 0 Å². The lowest BCUT2D eigenvalue weighted by molar-refractivity contribution is 0.0822. The zero-order valence-electron chi connectivity index (χ0n) is 15.8. The van der Waals surface area contributed by atoms with E-state index in [9.17, 15) is 4.79 Å². The van der Waals surface area contributed by atoms with Gasteiger partial charge in [-0.1, -0.05) is 73.9 Å². The monoisotopic (exact) mass is 354 g/mol. The predicted molar refractivity (Wildman–Crippen MR) is 112 cm³/mol. The number of carbonyl (C=O) groups excluding carboxylic acids is 1. The number of fused-ring (bicyclic) bond motifs is 1. The van der Waals surface area contributed by atoms with E-state index in [1.807, 2.05) is 0 Å². The predicted octanol–water partition coefficient (Wildman–Crippen LogP) is 6.64. The van der Waals surface area contributed by atoms with Crippen LogP contribution in [0.3, 0.4) is 0 Å². The second-order valence-electron chi connectivity index (χ2n) is 8.61. The molecule has 0 heterocycles. The van der Waals surface area contributed by atoms with Gasteiger partial charge in [-0.3, -0.25) is 4.79 Å². The molecule has 3 aliphatic carbocycles. The second kappa shape index (κ2) is 6.64. The lowest BCUT2D eigenvalue weighted by atomic mass is 9.63. The minimum absolute atomic E-state index is 0.262. The molecule has 0 unspecified atom stereocenters. The van der Waals surface area contributed by atoms with E-state index >= 15 is 0 Å². The number of benzene rings is 2. The van der Waals surface area contributed by atoms with E-state index < -0.39 is 0 Å². The number of hydrogen-bond acceptors (Lipinski definition) is 1. The SMILES string of the molecule is O=C1CC2(CCCCC2)Cc2ccc(C3=CC(c4ccccc4)=CC3)cc21. The molecule has 0 saturated heterocycles. The highest BCUT2D eigenvalue weighted by molar-refractivity contribution is 6.00. The summed E-state index contributed by atoms with van der Waals surface area (Å²) in [6.45, 7) is 0. The largest absolute Gasteiger partial charge is 0.294 e. The maximum absolute atomic E-state index is 13.0. The van der Waals surface area contributed by atoms with Crippen LogP contribution >= 0.6 is 0 Å². The smallest absolute Gasteiger partial charge is 0.163 e. The molecule has 1 nitrogen and oxygen atoms in total. The second-order valence-corrected chi connectivity index (χ2v) is 8.61. The summed E-state index contributed by atoms with van der Waals surface area (Å²) in [6, 6.07) is 17.2. The van der Waals surface area contributed by atoms with Crippen molar-refractivity contribution in [1.29, 1.82) is 0 Å². The summed E-state index contributed by atoms with van der Waals surface area (Å²) in [7, 11) is 0. The topological polar surface area (TPSA) is 17.1 Å². The van der Waals surface area contributed by atoms with E-state index in [-0.39, 0.29) is 5.41 Å². The van der Waals surface area contributed by atoms with Gasteiger partial charge in [0.1, 0.15) is 0 Å². The van der Waals surface area contributed by atoms with Gasteiger partial charge in [-0.15, -0.1) is 0 Å². The summed E-state index contributed by atoms with van der Waals surface area (Å²) in [4.78, 5) is 13.0. The Kier molecular flexibility index (Phi) is 4.11. The molecule has 0 radical (unpaired) electrons. The zero-order valence-corrected chi connectivity index (χ0v) is 15.8. The molecule has 0 aromatic heterocycles. The molecule has 1 fully saturated rings. The van der Waals surface area contributed by atoms with Gasteiger partial charge in [0.2, 0.25) is 0 Å². The number of ketones is 1. The quantitative estimate of drug-likeness (QED) is 0.591. The maximum atomic E-state index is 13.0. The summed E-state index contributed by atoms with van der Waals surface area (Å²) in [5.41, 5.74) is 7.62. The Balaban J connectivity index is 1.43. The van der Waals surface area contributed by atoms with Crippen LogP contribution in [0.2, 0.25) is 0 Å². The number of hydrogen-bond donors (Lipinski definition) is 0. The molecule has 27 heavy (non-hydrogen) atoms. The minimum atomic E-state index is 0.262. The van der Waals surface area contributed by atoms with Crippen LogP contribution in [0.1, 0.15) is 72.0 Å². The van der Waals surface area contributed by atoms with Crippen molar-refractivity contribution in [3.63, 3.8) is 0 Å². The van der Waals surface area contributed by atoms with Crippen molar-refractivity contribution in [2.45, 2.75) is 51.4 Å². The van der Waals surface area contributed by atoms with Crippen molar-refractivity contribution in [3.05, 3.63) is 82.9 Å². The van der Waals surface area contributed by atoms with E-state index in [4.69, 9.17) is 0 Å². The highest BCUT2D eigenvalue weighted by atomic mass is 16.1. The molecule has 0 atom stereocenters. The Labute approximate surface area is 161 Å². The molecular formula is C26H26O. The van der Waals surface area contributed by atoms with Gasteiger partial charge in [-0.2, -0.15) is 0 Å². The van der Waals surface area contributed by atoms with E-state index in [0.29, 0.717) is 5.78 Å². The fraction of sp³-hybridized carbons (Fsp3) is 0.346. The maximum Gasteiger partial charge on any atom is 0.163 e. The Bertz CT molecular complexity index is 939. The van der Waals surface area contributed by atoms with E-state index in [1.165, 1.54) is 59.9 Å². The minimum Gasteiger partial charge on any atom is -0.294 e. The van der Waals surface area contributed by atoms with Crippen LogP contribution in [0, 0.1) is 5.41 Å². The number of carbonyl (C=O) groups is 1. The Morgan fingerprint density at radius 2 is 1.63 bits per heavy atom. The molecule has 3 aliphatic rings. The molecule has 2 aromatic rings. The summed E-state index contributed by atoms with van der Waals surface area (Å²) in [5.74, 6) is 0.370.